The molecule has 0 spiro atoms. The number of anilines is 2. The number of hydrogen-bond donors (Lipinski definition) is 2. The quantitative estimate of drug-likeness (QED) is 0.229. The molecule has 0 radical (unpaired) electrons. The molecule has 6 nitrogen and oxygen atoms in total. The van der Waals surface area contributed by atoms with E-state index < -0.39 is 11.7 Å². The molecule has 5 rings (SSSR count). The minimum atomic E-state index is -4.40. The maximum Gasteiger partial charge on any atom is 0.416 e. The second-order valence-corrected chi connectivity index (χ2v) is 10.6. The van der Waals surface area contributed by atoms with Crippen molar-refractivity contribution in [2.45, 2.75) is 44.4 Å². The van der Waals surface area contributed by atoms with Crippen LogP contribution in [0.15, 0.2) is 72.8 Å². The summed E-state index contributed by atoms with van der Waals surface area (Å²) in [5.74, 6) is 2.85. The number of halogens is 3. The van der Waals surface area contributed by atoms with Crippen LogP contribution in [0.4, 0.5) is 24.9 Å². The van der Waals surface area contributed by atoms with E-state index in [1.807, 2.05) is 61.5 Å². The molecule has 0 saturated heterocycles. The second-order valence-electron chi connectivity index (χ2n) is 10.6. The highest BCUT2D eigenvalue weighted by Gasteiger charge is 2.30. The summed E-state index contributed by atoms with van der Waals surface area (Å²) in [6.07, 6.45) is -0.0740. The number of ether oxygens (including phenoxy) is 1. The van der Waals surface area contributed by atoms with Gasteiger partial charge in [-0.2, -0.15) is 18.2 Å². The summed E-state index contributed by atoms with van der Waals surface area (Å²) < 4.78 is 44.7. The van der Waals surface area contributed by atoms with Gasteiger partial charge in [-0.05, 0) is 86.2 Å². The van der Waals surface area contributed by atoms with E-state index in [1.165, 1.54) is 12.1 Å². The highest BCUT2D eigenvalue weighted by molar-refractivity contribution is 5.90. The zero-order valence-electron chi connectivity index (χ0n) is 22.7. The Labute approximate surface area is 232 Å². The van der Waals surface area contributed by atoms with Gasteiger partial charge >= 0.3 is 6.18 Å². The fraction of sp³-hybridized carbons (Fsp3) is 0.355. The van der Waals surface area contributed by atoms with Crippen LogP contribution >= 0.6 is 0 Å². The first-order valence-electron chi connectivity index (χ1n) is 13.6. The molecule has 2 N–H and O–H groups in total. The van der Waals surface area contributed by atoms with Crippen LogP contribution < -0.4 is 20.3 Å². The summed E-state index contributed by atoms with van der Waals surface area (Å²) in [4.78, 5) is 11.5. The molecule has 4 aromatic rings. The molecule has 3 aromatic carbocycles. The average Bonchev–Trinajstić information content (AvgIpc) is 2.93. The van der Waals surface area contributed by atoms with E-state index in [1.54, 1.807) is 6.07 Å². The number of hydrogen-bond acceptors (Lipinski definition) is 6. The highest BCUT2D eigenvalue weighted by atomic mass is 19.4. The van der Waals surface area contributed by atoms with E-state index in [2.05, 4.69) is 10.6 Å². The number of fused-ring (bicyclic) bond motifs is 1. The summed E-state index contributed by atoms with van der Waals surface area (Å²) in [6, 6.07) is 20.8. The van der Waals surface area contributed by atoms with Crippen molar-refractivity contribution in [3.63, 3.8) is 0 Å². The van der Waals surface area contributed by atoms with Crippen molar-refractivity contribution in [1.29, 1.82) is 0 Å². The zero-order valence-corrected chi connectivity index (χ0v) is 22.7. The third-order valence-corrected chi connectivity index (χ3v) is 7.24. The first-order chi connectivity index (χ1) is 19.2. The Bertz CT molecular complexity index is 1430. The number of rotatable bonds is 9. The Kier molecular flexibility index (Phi) is 8.40. The van der Waals surface area contributed by atoms with Gasteiger partial charge in [0, 0.05) is 32.1 Å². The molecule has 0 unspecified atom stereocenters. The van der Waals surface area contributed by atoms with Crippen molar-refractivity contribution in [2.24, 2.45) is 5.92 Å². The third-order valence-electron chi connectivity index (χ3n) is 7.24. The van der Waals surface area contributed by atoms with Crippen molar-refractivity contribution >= 4 is 22.7 Å². The molecular weight excluding hydrogens is 515 g/mol. The monoisotopic (exact) mass is 549 g/mol. The summed E-state index contributed by atoms with van der Waals surface area (Å²) in [7, 11) is 3.99. The number of alkyl halides is 3. The topological polar surface area (TPSA) is 62.3 Å². The Morgan fingerprint density at radius 3 is 2.35 bits per heavy atom. The molecule has 0 bridgehead atoms. The molecule has 0 aliphatic heterocycles. The molecule has 9 heteroatoms. The van der Waals surface area contributed by atoms with Crippen LogP contribution in [0.2, 0.25) is 0 Å². The van der Waals surface area contributed by atoms with Crippen molar-refractivity contribution in [2.75, 3.05) is 30.9 Å². The van der Waals surface area contributed by atoms with E-state index in [0.29, 0.717) is 30.2 Å². The predicted octanol–water partition coefficient (Wildman–Crippen LogP) is 7.27. The lowest BCUT2D eigenvalue weighted by Crippen LogP contribution is -2.31. The Hall–Kier alpha value is -3.85. The molecule has 1 aliphatic carbocycles. The van der Waals surface area contributed by atoms with Crippen LogP contribution in [0, 0.1) is 5.92 Å². The van der Waals surface area contributed by atoms with Crippen LogP contribution in [0.1, 0.15) is 36.8 Å². The number of para-hydroxylation sites is 1. The van der Waals surface area contributed by atoms with Gasteiger partial charge in [0.05, 0.1) is 11.1 Å². The van der Waals surface area contributed by atoms with E-state index in [-0.39, 0.29) is 5.75 Å². The number of benzene rings is 3. The second kappa shape index (κ2) is 12.1. The molecule has 40 heavy (non-hydrogen) atoms. The van der Waals surface area contributed by atoms with Gasteiger partial charge in [-0.1, -0.05) is 30.3 Å². The zero-order chi connectivity index (χ0) is 28.1. The Balaban J connectivity index is 1.09. The number of nitrogens with one attached hydrogen (secondary N) is 2. The lowest BCUT2D eigenvalue weighted by molar-refractivity contribution is -0.137. The standard InChI is InChI=1S/C31H34F3N5O/c1-39(2)29-27-11-3-4-12-28(27)37-30(38-29)36-24-15-13-21(14-16-24)19-35-20-22-7-5-9-25(17-22)40-26-10-6-8-23(18-26)31(32,33)34/h3-12,17-18,21,24,35H,13-16,19-20H2,1-2H3,(H,36,37,38)/t21-,24+. The number of nitrogens with zero attached hydrogens (tertiary/aromatic N) is 3. The van der Waals surface area contributed by atoms with Crippen molar-refractivity contribution < 1.29 is 17.9 Å². The van der Waals surface area contributed by atoms with Crippen molar-refractivity contribution in [1.82, 2.24) is 15.3 Å². The van der Waals surface area contributed by atoms with Crippen molar-refractivity contribution in [3.05, 3.63) is 83.9 Å². The fourth-order valence-electron chi connectivity index (χ4n) is 5.17. The molecule has 0 atom stereocenters. The molecule has 1 aromatic heterocycles. The van der Waals surface area contributed by atoms with Crippen LogP contribution in [-0.2, 0) is 12.7 Å². The molecule has 1 saturated carbocycles. The predicted molar refractivity (Wildman–Crippen MR) is 153 cm³/mol. The SMILES string of the molecule is CN(C)c1nc(N[C@H]2CC[C@@H](CNCc3cccc(Oc4cccc(C(F)(F)F)c4)c3)CC2)nc2ccccc12. The lowest BCUT2D eigenvalue weighted by atomic mass is 9.86. The van der Waals surface area contributed by atoms with Gasteiger partial charge in [0.25, 0.3) is 0 Å². The minimum Gasteiger partial charge on any atom is -0.457 e. The van der Waals surface area contributed by atoms with E-state index in [0.717, 1.165) is 66.6 Å². The fourth-order valence-corrected chi connectivity index (χ4v) is 5.17. The van der Waals surface area contributed by atoms with E-state index >= 15 is 0 Å². The Morgan fingerprint density at radius 2 is 1.60 bits per heavy atom. The summed E-state index contributed by atoms with van der Waals surface area (Å²) >= 11 is 0. The molecule has 210 valence electrons. The summed E-state index contributed by atoms with van der Waals surface area (Å²) in [5.41, 5.74) is 1.23. The molecule has 1 heterocycles. The maximum absolute atomic E-state index is 13.0. The minimum absolute atomic E-state index is 0.164. The van der Waals surface area contributed by atoms with Gasteiger partial charge in [0.15, 0.2) is 0 Å². The maximum atomic E-state index is 13.0. The molecule has 1 fully saturated rings. The van der Waals surface area contributed by atoms with Crippen LogP contribution in [-0.4, -0.2) is 36.6 Å². The lowest BCUT2D eigenvalue weighted by Gasteiger charge is -2.29. The number of aromatic nitrogens is 2. The third kappa shape index (κ3) is 7.01. The van der Waals surface area contributed by atoms with E-state index in [4.69, 9.17) is 14.7 Å². The normalized spacial score (nSPS) is 17.5. The van der Waals surface area contributed by atoms with Gasteiger partial charge in [-0.3, -0.25) is 0 Å². The summed E-state index contributed by atoms with van der Waals surface area (Å²) in [5, 5.41) is 8.15. The largest absolute Gasteiger partial charge is 0.457 e. The van der Waals surface area contributed by atoms with Crippen LogP contribution in [0.25, 0.3) is 10.9 Å². The van der Waals surface area contributed by atoms with Crippen molar-refractivity contribution in [3.8, 4) is 11.5 Å². The van der Waals surface area contributed by atoms with Gasteiger partial charge in [-0.25, -0.2) is 4.98 Å². The Morgan fingerprint density at radius 1 is 0.875 bits per heavy atom. The summed E-state index contributed by atoms with van der Waals surface area (Å²) in [6.45, 7) is 1.57. The average molecular weight is 550 g/mol. The van der Waals surface area contributed by atoms with Gasteiger partial charge < -0.3 is 20.3 Å². The molecule has 1 aliphatic rings. The smallest absolute Gasteiger partial charge is 0.416 e. The highest BCUT2D eigenvalue weighted by Crippen LogP contribution is 2.33. The first kappa shape index (κ1) is 27.7. The van der Waals surface area contributed by atoms with Gasteiger partial charge in [-0.15, -0.1) is 0 Å². The molecular formula is C31H34F3N5O. The van der Waals surface area contributed by atoms with Gasteiger partial charge in [0.2, 0.25) is 5.95 Å². The molecule has 0 amide bonds. The first-order valence-corrected chi connectivity index (χ1v) is 13.6. The van der Waals surface area contributed by atoms with Gasteiger partial charge in [0.1, 0.15) is 17.3 Å². The van der Waals surface area contributed by atoms with Crippen LogP contribution in [0.5, 0.6) is 11.5 Å². The van der Waals surface area contributed by atoms with E-state index in [9.17, 15) is 13.2 Å². The van der Waals surface area contributed by atoms with Crippen LogP contribution in [0.3, 0.4) is 0 Å².